The van der Waals surface area contributed by atoms with E-state index >= 15 is 0 Å². The Morgan fingerprint density at radius 3 is 2.56 bits per heavy atom. The van der Waals surface area contributed by atoms with Gasteiger partial charge in [0.15, 0.2) is 5.96 Å². The molecule has 0 aromatic heterocycles. The molecule has 6 nitrogen and oxygen atoms in total. The van der Waals surface area contributed by atoms with E-state index in [2.05, 4.69) is 53.6 Å². The number of guanidine groups is 1. The van der Waals surface area contributed by atoms with Crippen LogP contribution in [0.4, 0.5) is 0 Å². The summed E-state index contributed by atoms with van der Waals surface area (Å²) in [5.74, 6) is 0.865. The van der Waals surface area contributed by atoms with Gasteiger partial charge in [0.05, 0.1) is 12.7 Å². The van der Waals surface area contributed by atoms with Crippen LogP contribution in [0.5, 0.6) is 0 Å². The summed E-state index contributed by atoms with van der Waals surface area (Å²) in [6.45, 7) is 9.97. The van der Waals surface area contributed by atoms with Crippen molar-refractivity contribution in [3.8, 4) is 0 Å². The van der Waals surface area contributed by atoms with E-state index in [1.807, 2.05) is 18.2 Å². The Hall–Kier alpha value is -0.900. The van der Waals surface area contributed by atoms with Crippen molar-refractivity contribution in [2.24, 2.45) is 4.99 Å². The molecule has 0 aliphatic carbocycles. The maximum Gasteiger partial charge on any atom is 0.191 e. The Kier molecular flexibility index (Phi) is 16.6. The van der Waals surface area contributed by atoms with Crippen molar-refractivity contribution in [3.05, 3.63) is 35.9 Å². The van der Waals surface area contributed by atoms with Gasteiger partial charge in [-0.25, -0.2) is 0 Å². The van der Waals surface area contributed by atoms with Gasteiger partial charge in [0.25, 0.3) is 0 Å². The third kappa shape index (κ3) is 13.0. The van der Waals surface area contributed by atoms with Crippen LogP contribution in [-0.4, -0.2) is 71.0 Å². The number of likely N-dealkylation sites (N-methyl/N-ethyl adjacent to an activating group) is 1. The smallest absolute Gasteiger partial charge is 0.191 e. The van der Waals surface area contributed by atoms with Gasteiger partial charge >= 0.3 is 0 Å². The number of halogens is 1. The van der Waals surface area contributed by atoms with E-state index in [9.17, 15) is 0 Å². The molecule has 0 aliphatic rings. The SMILES string of the molecule is CCNC(=NCCCOC(C)c1ccccc1)NCCN(C)CCOC.I. The van der Waals surface area contributed by atoms with Crippen LogP contribution in [0.25, 0.3) is 0 Å². The zero-order valence-electron chi connectivity index (χ0n) is 17.2. The van der Waals surface area contributed by atoms with E-state index in [4.69, 9.17) is 9.47 Å². The molecular formula is C20H37IN4O2. The largest absolute Gasteiger partial charge is 0.383 e. The minimum absolute atomic E-state index is 0. The third-order valence-corrected chi connectivity index (χ3v) is 4.02. The van der Waals surface area contributed by atoms with Crippen LogP contribution in [0.1, 0.15) is 31.9 Å². The van der Waals surface area contributed by atoms with Crippen LogP contribution >= 0.6 is 24.0 Å². The number of aliphatic imine (C=N–C) groups is 1. The average molecular weight is 492 g/mol. The summed E-state index contributed by atoms with van der Waals surface area (Å²) in [6, 6.07) is 10.3. The summed E-state index contributed by atoms with van der Waals surface area (Å²) in [6.07, 6.45) is 1.02. The highest BCUT2D eigenvalue weighted by atomic mass is 127. The molecule has 27 heavy (non-hydrogen) atoms. The lowest BCUT2D eigenvalue weighted by molar-refractivity contribution is 0.0652. The normalized spacial score (nSPS) is 12.6. The molecule has 0 spiro atoms. The molecule has 0 saturated carbocycles. The molecule has 1 unspecified atom stereocenters. The van der Waals surface area contributed by atoms with E-state index in [0.29, 0.717) is 6.61 Å². The standard InChI is InChI=1S/C20H36N4O2.HI/c1-5-21-20(23-13-14-24(3)15-17-25-4)22-12-9-16-26-18(2)19-10-7-6-8-11-19;/h6-8,10-11,18H,5,9,12-17H2,1-4H3,(H2,21,22,23);1H. The van der Waals surface area contributed by atoms with Crippen molar-refractivity contribution < 1.29 is 9.47 Å². The van der Waals surface area contributed by atoms with Gasteiger partial charge in [-0.2, -0.15) is 0 Å². The number of hydrogen-bond acceptors (Lipinski definition) is 4. The summed E-state index contributed by atoms with van der Waals surface area (Å²) < 4.78 is 11.0. The fraction of sp³-hybridized carbons (Fsp3) is 0.650. The van der Waals surface area contributed by atoms with Crippen LogP contribution in [-0.2, 0) is 9.47 Å². The van der Waals surface area contributed by atoms with Crippen LogP contribution in [0.15, 0.2) is 35.3 Å². The zero-order chi connectivity index (χ0) is 19.0. The van der Waals surface area contributed by atoms with Crippen LogP contribution in [0.2, 0.25) is 0 Å². The molecule has 1 aromatic carbocycles. The number of methoxy groups -OCH3 is 1. The van der Waals surface area contributed by atoms with Crippen molar-refractivity contribution in [2.45, 2.75) is 26.4 Å². The van der Waals surface area contributed by atoms with E-state index in [0.717, 1.165) is 51.7 Å². The second-order valence-electron chi connectivity index (χ2n) is 6.26. The van der Waals surface area contributed by atoms with Crippen molar-refractivity contribution >= 4 is 29.9 Å². The molecule has 0 aliphatic heterocycles. The summed E-state index contributed by atoms with van der Waals surface area (Å²) in [5, 5.41) is 6.65. The second-order valence-corrected chi connectivity index (χ2v) is 6.26. The molecule has 0 saturated heterocycles. The minimum Gasteiger partial charge on any atom is -0.383 e. The molecular weight excluding hydrogens is 455 g/mol. The highest BCUT2D eigenvalue weighted by molar-refractivity contribution is 14.0. The first-order valence-electron chi connectivity index (χ1n) is 9.53. The second kappa shape index (κ2) is 17.2. The monoisotopic (exact) mass is 492 g/mol. The molecule has 1 rings (SSSR count). The average Bonchev–Trinajstić information content (AvgIpc) is 2.66. The molecule has 0 radical (unpaired) electrons. The summed E-state index contributed by atoms with van der Waals surface area (Å²) in [4.78, 5) is 6.85. The van der Waals surface area contributed by atoms with E-state index in [-0.39, 0.29) is 30.1 Å². The quantitative estimate of drug-likeness (QED) is 0.192. The lowest BCUT2D eigenvalue weighted by atomic mass is 10.1. The molecule has 2 N–H and O–H groups in total. The van der Waals surface area contributed by atoms with E-state index in [1.165, 1.54) is 5.56 Å². The lowest BCUT2D eigenvalue weighted by Crippen LogP contribution is -2.41. The predicted octanol–water partition coefficient (Wildman–Crippen LogP) is 2.91. The number of hydrogen-bond donors (Lipinski definition) is 2. The highest BCUT2D eigenvalue weighted by Crippen LogP contribution is 2.15. The Morgan fingerprint density at radius 1 is 1.15 bits per heavy atom. The van der Waals surface area contributed by atoms with Crippen molar-refractivity contribution in [3.63, 3.8) is 0 Å². The molecule has 1 aromatic rings. The summed E-state index contributed by atoms with van der Waals surface area (Å²) in [7, 11) is 3.82. The van der Waals surface area contributed by atoms with Gasteiger partial charge in [0.1, 0.15) is 0 Å². The maximum atomic E-state index is 5.89. The first-order chi connectivity index (χ1) is 12.7. The fourth-order valence-corrected chi connectivity index (χ4v) is 2.40. The van der Waals surface area contributed by atoms with Crippen LogP contribution in [0, 0.1) is 0 Å². The van der Waals surface area contributed by atoms with Crippen molar-refractivity contribution in [2.75, 3.05) is 60.1 Å². The maximum absolute atomic E-state index is 5.89. The topological polar surface area (TPSA) is 58.1 Å². The summed E-state index contributed by atoms with van der Waals surface area (Å²) in [5.41, 5.74) is 1.21. The van der Waals surface area contributed by atoms with Gasteiger partial charge in [-0.15, -0.1) is 24.0 Å². The molecule has 0 bridgehead atoms. The molecule has 1 atom stereocenters. The predicted molar refractivity (Wildman–Crippen MR) is 124 cm³/mol. The van der Waals surface area contributed by atoms with Crippen LogP contribution in [0.3, 0.4) is 0 Å². The molecule has 0 fully saturated rings. The van der Waals surface area contributed by atoms with E-state index in [1.54, 1.807) is 7.11 Å². The zero-order valence-corrected chi connectivity index (χ0v) is 19.6. The lowest BCUT2D eigenvalue weighted by Gasteiger charge is -2.17. The molecule has 156 valence electrons. The minimum atomic E-state index is 0. The van der Waals surface area contributed by atoms with Gasteiger partial charge in [-0.3, -0.25) is 4.99 Å². The molecule has 0 amide bonds. The number of nitrogens with one attached hydrogen (secondary N) is 2. The van der Waals surface area contributed by atoms with Crippen molar-refractivity contribution in [1.82, 2.24) is 15.5 Å². The van der Waals surface area contributed by atoms with Crippen LogP contribution < -0.4 is 10.6 Å². The highest BCUT2D eigenvalue weighted by Gasteiger charge is 2.04. The number of benzene rings is 1. The third-order valence-electron chi connectivity index (χ3n) is 4.02. The molecule has 7 heteroatoms. The number of rotatable bonds is 13. The van der Waals surface area contributed by atoms with E-state index < -0.39 is 0 Å². The molecule has 0 heterocycles. The summed E-state index contributed by atoms with van der Waals surface area (Å²) >= 11 is 0. The first-order valence-corrected chi connectivity index (χ1v) is 9.53. The van der Waals surface area contributed by atoms with Gasteiger partial charge in [0.2, 0.25) is 0 Å². The Bertz CT molecular complexity index is 488. The van der Waals surface area contributed by atoms with Gasteiger partial charge in [-0.1, -0.05) is 30.3 Å². The number of ether oxygens (including phenoxy) is 2. The van der Waals surface area contributed by atoms with Crippen molar-refractivity contribution in [1.29, 1.82) is 0 Å². The first kappa shape index (κ1) is 26.1. The fourth-order valence-electron chi connectivity index (χ4n) is 2.40. The Labute approximate surface area is 182 Å². The Morgan fingerprint density at radius 2 is 1.89 bits per heavy atom. The Balaban J connectivity index is 0.00000676. The van der Waals surface area contributed by atoms with Gasteiger partial charge in [-0.05, 0) is 32.9 Å². The van der Waals surface area contributed by atoms with Gasteiger partial charge in [0, 0.05) is 46.4 Å². The van der Waals surface area contributed by atoms with Gasteiger partial charge < -0.3 is 25.0 Å². The number of nitrogens with zero attached hydrogens (tertiary/aromatic N) is 2.